The van der Waals surface area contributed by atoms with Gasteiger partial charge in [-0.2, -0.15) is 0 Å². The topological polar surface area (TPSA) is 103 Å². The molecule has 0 aliphatic carbocycles. The monoisotopic (exact) mass is 336 g/mol. The summed E-state index contributed by atoms with van der Waals surface area (Å²) in [6.45, 7) is 1.71. The summed E-state index contributed by atoms with van der Waals surface area (Å²) in [6.07, 6.45) is 1.24. The Morgan fingerprint density at radius 3 is 2.29 bits per heavy atom. The van der Waals surface area contributed by atoms with Crippen LogP contribution in [0.5, 0.6) is 5.75 Å². The van der Waals surface area contributed by atoms with Crippen LogP contribution < -0.4 is 15.4 Å². The zero-order valence-electron chi connectivity index (χ0n) is 14.0. The van der Waals surface area contributed by atoms with E-state index >= 15 is 0 Å². The second-order valence-corrected chi connectivity index (χ2v) is 4.51. The Morgan fingerprint density at radius 2 is 1.75 bits per heavy atom. The molecule has 0 saturated carbocycles. The third-order valence-corrected chi connectivity index (χ3v) is 2.96. The van der Waals surface area contributed by atoms with Crippen molar-refractivity contribution in [2.75, 3.05) is 32.0 Å². The summed E-state index contributed by atoms with van der Waals surface area (Å²) < 4.78 is 14.3. The van der Waals surface area contributed by atoms with E-state index < -0.39 is 11.9 Å². The molecule has 1 rings (SSSR count). The quantitative estimate of drug-likeness (QED) is 0.577. The molecule has 2 N–H and O–H groups in total. The van der Waals surface area contributed by atoms with Gasteiger partial charge in [0.2, 0.25) is 5.91 Å². The van der Waals surface area contributed by atoms with Crippen molar-refractivity contribution in [2.45, 2.75) is 13.3 Å². The Bertz CT molecular complexity index is 654. The summed E-state index contributed by atoms with van der Waals surface area (Å²) in [5.41, 5.74) is 0.628. The Balaban J connectivity index is 3.24. The number of esters is 2. The molecular formula is C16H20N2O6. The van der Waals surface area contributed by atoms with Crippen LogP contribution in [0.3, 0.4) is 0 Å². The zero-order valence-corrected chi connectivity index (χ0v) is 14.0. The molecule has 0 unspecified atom stereocenters. The van der Waals surface area contributed by atoms with Crippen molar-refractivity contribution in [1.29, 1.82) is 0 Å². The van der Waals surface area contributed by atoms with Gasteiger partial charge in [-0.25, -0.2) is 9.59 Å². The fourth-order valence-electron chi connectivity index (χ4n) is 1.68. The third-order valence-electron chi connectivity index (χ3n) is 2.96. The van der Waals surface area contributed by atoms with E-state index in [4.69, 9.17) is 4.74 Å². The average Bonchev–Trinajstić information content (AvgIpc) is 2.61. The fourth-order valence-corrected chi connectivity index (χ4v) is 1.68. The van der Waals surface area contributed by atoms with Gasteiger partial charge in [-0.1, -0.05) is 6.92 Å². The van der Waals surface area contributed by atoms with Gasteiger partial charge >= 0.3 is 11.9 Å². The van der Waals surface area contributed by atoms with Crippen LogP contribution in [0.2, 0.25) is 0 Å². The third kappa shape index (κ3) is 5.31. The molecule has 0 bridgehead atoms. The molecule has 1 amide bonds. The maximum absolute atomic E-state index is 11.8. The first kappa shape index (κ1) is 19.0. The zero-order chi connectivity index (χ0) is 18.1. The molecular weight excluding hydrogens is 316 g/mol. The summed E-state index contributed by atoms with van der Waals surface area (Å²) in [5, 5.41) is 5.45. The highest BCUT2D eigenvalue weighted by Gasteiger charge is 2.16. The molecule has 8 nitrogen and oxygen atoms in total. The van der Waals surface area contributed by atoms with Gasteiger partial charge in [0.1, 0.15) is 11.4 Å². The first-order valence-electron chi connectivity index (χ1n) is 7.08. The van der Waals surface area contributed by atoms with Gasteiger partial charge in [-0.15, -0.1) is 0 Å². The number of rotatable bonds is 7. The van der Waals surface area contributed by atoms with Crippen LogP contribution in [0.25, 0.3) is 0 Å². The van der Waals surface area contributed by atoms with Crippen molar-refractivity contribution in [3.8, 4) is 5.75 Å². The van der Waals surface area contributed by atoms with E-state index in [9.17, 15) is 14.4 Å². The van der Waals surface area contributed by atoms with Gasteiger partial charge in [-0.3, -0.25) is 4.79 Å². The van der Waals surface area contributed by atoms with E-state index in [0.717, 1.165) is 6.08 Å². The number of hydrogen-bond acceptors (Lipinski definition) is 7. The van der Waals surface area contributed by atoms with Crippen LogP contribution in [0, 0.1) is 0 Å². The molecule has 0 saturated heterocycles. The predicted octanol–water partition coefficient (Wildman–Crippen LogP) is 1.69. The molecule has 0 radical (unpaired) electrons. The lowest BCUT2D eigenvalue weighted by Crippen LogP contribution is -2.17. The van der Waals surface area contributed by atoms with Crippen molar-refractivity contribution in [3.05, 3.63) is 30.0 Å². The summed E-state index contributed by atoms with van der Waals surface area (Å²) in [4.78, 5) is 34.9. The summed E-state index contributed by atoms with van der Waals surface area (Å²) in [7, 11) is 3.85. The second-order valence-electron chi connectivity index (χ2n) is 4.51. The number of ether oxygens (including phenoxy) is 3. The van der Waals surface area contributed by atoms with Gasteiger partial charge in [0.25, 0.3) is 0 Å². The SMILES string of the molecule is CCC(=O)Nc1ccc(OC)cc1N/C(=C/C(=O)OC)C(=O)OC. The average molecular weight is 336 g/mol. The van der Waals surface area contributed by atoms with Crippen LogP contribution in [-0.4, -0.2) is 39.2 Å². The van der Waals surface area contributed by atoms with Gasteiger partial charge < -0.3 is 24.8 Å². The molecule has 0 fully saturated rings. The molecule has 130 valence electrons. The number of carbonyl (C=O) groups excluding carboxylic acids is 3. The summed E-state index contributed by atoms with van der Waals surface area (Å²) in [6, 6.07) is 4.83. The number of nitrogens with one attached hydrogen (secondary N) is 2. The maximum atomic E-state index is 11.8. The number of anilines is 2. The van der Waals surface area contributed by atoms with Crippen molar-refractivity contribution in [1.82, 2.24) is 0 Å². The van der Waals surface area contributed by atoms with Gasteiger partial charge in [0.15, 0.2) is 0 Å². The first-order valence-corrected chi connectivity index (χ1v) is 7.08. The van der Waals surface area contributed by atoms with Crippen molar-refractivity contribution < 1.29 is 28.6 Å². The summed E-state index contributed by atoms with van der Waals surface area (Å²) >= 11 is 0. The Morgan fingerprint density at radius 1 is 1.04 bits per heavy atom. The smallest absolute Gasteiger partial charge is 0.354 e. The van der Waals surface area contributed by atoms with E-state index in [1.54, 1.807) is 25.1 Å². The van der Waals surface area contributed by atoms with E-state index in [2.05, 4.69) is 20.1 Å². The second kappa shape index (κ2) is 9.19. The van der Waals surface area contributed by atoms with E-state index in [1.807, 2.05) is 0 Å². The lowest BCUT2D eigenvalue weighted by Gasteiger charge is -2.15. The maximum Gasteiger partial charge on any atom is 0.354 e. The van der Waals surface area contributed by atoms with Crippen LogP contribution in [0.15, 0.2) is 30.0 Å². The first-order chi connectivity index (χ1) is 11.4. The normalized spacial score (nSPS) is 10.6. The fraction of sp³-hybridized carbons (Fsp3) is 0.312. The lowest BCUT2D eigenvalue weighted by atomic mass is 10.2. The molecule has 1 aromatic carbocycles. The minimum atomic E-state index is -0.768. The predicted molar refractivity (Wildman–Crippen MR) is 87.7 cm³/mol. The molecule has 1 aromatic rings. The number of benzene rings is 1. The number of amides is 1. The Kier molecular flexibility index (Phi) is 7.28. The molecule has 0 aliphatic rings. The number of methoxy groups -OCH3 is 3. The van der Waals surface area contributed by atoms with Gasteiger partial charge in [0.05, 0.1) is 38.8 Å². The summed E-state index contributed by atoms with van der Waals surface area (Å²) in [5.74, 6) is -1.21. The highest BCUT2D eigenvalue weighted by atomic mass is 16.5. The number of hydrogen-bond donors (Lipinski definition) is 2. The van der Waals surface area contributed by atoms with Gasteiger partial charge in [0, 0.05) is 12.5 Å². The van der Waals surface area contributed by atoms with E-state index in [-0.39, 0.29) is 18.0 Å². The van der Waals surface area contributed by atoms with E-state index in [0.29, 0.717) is 17.1 Å². The Labute approximate surface area is 139 Å². The molecule has 0 heterocycles. The van der Waals surface area contributed by atoms with Crippen LogP contribution in [0.4, 0.5) is 11.4 Å². The molecule has 0 atom stereocenters. The van der Waals surface area contributed by atoms with E-state index in [1.165, 1.54) is 21.3 Å². The molecule has 0 spiro atoms. The highest BCUT2D eigenvalue weighted by molar-refractivity contribution is 6.01. The van der Waals surface area contributed by atoms with Crippen LogP contribution in [-0.2, 0) is 23.9 Å². The lowest BCUT2D eigenvalue weighted by molar-refractivity contribution is -0.138. The highest BCUT2D eigenvalue weighted by Crippen LogP contribution is 2.28. The Hall–Kier alpha value is -3.03. The molecule has 8 heteroatoms. The van der Waals surface area contributed by atoms with Crippen molar-refractivity contribution in [3.63, 3.8) is 0 Å². The van der Waals surface area contributed by atoms with Gasteiger partial charge in [-0.05, 0) is 12.1 Å². The minimum absolute atomic E-state index is 0.149. The minimum Gasteiger partial charge on any atom is -0.497 e. The molecule has 0 aromatic heterocycles. The molecule has 0 aliphatic heterocycles. The van der Waals surface area contributed by atoms with Crippen molar-refractivity contribution in [2.24, 2.45) is 0 Å². The van der Waals surface area contributed by atoms with Crippen LogP contribution >= 0.6 is 0 Å². The standard InChI is InChI=1S/C16H20N2O6/c1-5-14(19)18-11-7-6-10(22-2)8-12(11)17-13(16(21)24-4)9-15(20)23-3/h6-9,17H,5H2,1-4H3,(H,18,19)/b13-9+. The van der Waals surface area contributed by atoms with Crippen molar-refractivity contribution >= 4 is 29.2 Å². The number of carbonyl (C=O) groups is 3. The van der Waals surface area contributed by atoms with Crippen LogP contribution in [0.1, 0.15) is 13.3 Å². The molecule has 24 heavy (non-hydrogen) atoms. The largest absolute Gasteiger partial charge is 0.497 e.